The summed E-state index contributed by atoms with van der Waals surface area (Å²) in [5.74, 6) is 0.530. The third-order valence-electron chi connectivity index (χ3n) is 3.68. The molecule has 1 saturated carbocycles. The Morgan fingerprint density at radius 2 is 2.10 bits per heavy atom. The number of hydrogen-bond donors (Lipinski definition) is 2. The van der Waals surface area contributed by atoms with Gasteiger partial charge in [-0.15, -0.1) is 0 Å². The summed E-state index contributed by atoms with van der Waals surface area (Å²) < 4.78 is 5.21. The van der Waals surface area contributed by atoms with Gasteiger partial charge < -0.3 is 15.2 Å². The second kappa shape index (κ2) is 6.57. The Morgan fingerprint density at radius 3 is 2.80 bits per heavy atom. The fourth-order valence-corrected chi connectivity index (χ4v) is 2.49. The molecule has 0 atom stereocenters. The van der Waals surface area contributed by atoms with E-state index in [2.05, 4.69) is 5.32 Å². The number of amides is 1. The van der Waals surface area contributed by atoms with E-state index >= 15 is 0 Å². The molecule has 1 aliphatic carbocycles. The first-order valence-corrected chi connectivity index (χ1v) is 6.94. The van der Waals surface area contributed by atoms with Crippen molar-refractivity contribution in [2.75, 3.05) is 13.7 Å². The standard InChI is InChI=1S/C16H21NO3/c1-20-14-7-3-2-6-13(14)8-9-15(18)17-12-16(19)10-4-5-11-16/h2-3,6-9,19H,4-5,10-12H2,1H3,(H,17,18)/b9-8+. The predicted molar refractivity (Wildman–Crippen MR) is 78.5 cm³/mol. The number of aliphatic hydroxyl groups is 1. The molecule has 108 valence electrons. The quantitative estimate of drug-likeness (QED) is 0.809. The minimum atomic E-state index is -0.714. The number of carbonyl (C=O) groups is 1. The van der Waals surface area contributed by atoms with Gasteiger partial charge >= 0.3 is 0 Å². The highest BCUT2D eigenvalue weighted by Gasteiger charge is 2.30. The molecule has 1 aliphatic rings. The molecule has 2 N–H and O–H groups in total. The van der Waals surface area contributed by atoms with Crippen molar-refractivity contribution in [2.45, 2.75) is 31.3 Å². The van der Waals surface area contributed by atoms with Crippen molar-refractivity contribution in [3.63, 3.8) is 0 Å². The van der Waals surface area contributed by atoms with E-state index in [0.717, 1.165) is 37.0 Å². The molecule has 0 spiro atoms. The fraction of sp³-hybridized carbons (Fsp3) is 0.438. The number of rotatable bonds is 5. The van der Waals surface area contributed by atoms with Crippen molar-refractivity contribution in [2.24, 2.45) is 0 Å². The molecule has 4 heteroatoms. The van der Waals surface area contributed by atoms with E-state index in [1.165, 1.54) is 6.08 Å². The van der Waals surface area contributed by atoms with Crippen molar-refractivity contribution >= 4 is 12.0 Å². The molecule has 2 rings (SSSR count). The Balaban J connectivity index is 1.89. The van der Waals surface area contributed by atoms with Crippen LogP contribution in [0.2, 0.25) is 0 Å². The van der Waals surface area contributed by atoms with Gasteiger partial charge in [-0.2, -0.15) is 0 Å². The van der Waals surface area contributed by atoms with Gasteiger partial charge in [0.1, 0.15) is 5.75 Å². The van der Waals surface area contributed by atoms with E-state index < -0.39 is 5.60 Å². The summed E-state index contributed by atoms with van der Waals surface area (Å²) in [4.78, 5) is 11.8. The molecule has 1 aromatic rings. The lowest BCUT2D eigenvalue weighted by atomic mass is 10.0. The number of ether oxygens (including phenoxy) is 1. The number of nitrogens with one attached hydrogen (secondary N) is 1. The number of para-hydroxylation sites is 1. The van der Waals surface area contributed by atoms with Gasteiger partial charge in [-0.3, -0.25) is 4.79 Å². The zero-order valence-electron chi connectivity index (χ0n) is 11.8. The van der Waals surface area contributed by atoms with Crippen LogP contribution < -0.4 is 10.1 Å². The summed E-state index contributed by atoms with van der Waals surface area (Å²) in [5, 5.41) is 12.9. The van der Waals surface area contributed by atoms with Crippen LogP contribution in [-0.2, 0) is 4.79 Å². The van der Waals surface area contributed by atoms with Crippen molar-refractivity contribution in [3.8, 4) is 5.75 Å². The maximum absolute atomic E-state index is 11.8. The minimum absolute atomic E-state index is 0.198. The molecule has 0 unspecified atom stereocenters. The number of benzene rings is 1. The third kappa shape index (κ3) is 3.84. The Morgan fingerprint density at radius 1 is 1.40 bits per heavy atom. The first-order valence-electron chi connectivity index (χ1n) is 6.94. The Hall–Kier alpha value is -1.81. The second-order valence-corrected chi connectivity index (χ2v) is 5.22. The topological polar surface area (TPSA) is 58.6 Å². The van der Waals surface area contributed by atoms with Crippen LogP contribution in [0.4, 0.5) is 0 Å². The SMILES string of the molecule is COc1ccccc1/C=C/C(=O)NCC1(O)CCCC1. The van der Waals surface area contributed by atoms with Crippen LogP contribution in [-0.4, -0.2) is 30.3 Å². The van der Waals surface area contributed by atoms with E-state index in [9.17, 15) is 9.90 Å². The van der Waals surface area contributed by atoms with E-state index in [1.807, 2.05) is 24.3 Å². The largest absolute Gasteiger partial charge is 0.496 e. The number of hydrogen-bond acceptors (Lipinski definition) is 3. The highest BCUT2D eigenvalue weighted by atomic mass is 16.5. The Bertz CT molecular complexity index is 490. The average molecular weight is 275 g/mol. The van der Waals surface area contributed by atoms with Gasteiger partial charge in [0.25, 0.3) is 0 Å². The minimum Gasteiger partial charge on any atom is -0.496 e. The summed E-state index contributed by atoms with van der Waals surface area (Å²) in [6.07, 6.45) is 6.78. The molecule has 1 amide bonds. The van der Waals surface area contributed by atoms with Crippen LogP contribution in [0.25, 0.3) is 6.08 Å². The van der Waals surface area contributed by atoms with Gasteiger partial charge in [-0.05, 0) is 25.0 Å². The van der Waals surface area contributed by atoms with Gasteiger partial charge in [-0.25, -0.2) is 0 Å². The Labute approximate surface area is 119 Å². The molecule has 4 nitrogen and oxygen atoms in total. The van der Waals surface area contributed by atoms with E-state index in [1.54, 1.807) is 13.2 Å². The average Bonchev–Trinajstić information content (AvgIpc) is 2.90. The lowest BCUT2D eigenvalue weighted by Gasteiger charge is -2.21. The monoisotopic (exact) mass is 275 g/mol. The fourth-order valence-electron chi connectivity index (χ4n) is 2.49. The maximum Gasteiger partial charge on any atom is 0.244 e. The summed E-state index contributed by atoms with van der Waals surface area (Å²) in [6, 6.07) is 7.50. The number of methoxy groups -OCH3 is 1. The molecule has 0 bridgehead atoms. The third-order valence-corrected chi connectivity index (χ3v) is 3.68. The molecule has 1 aromatic carbocycles. The van der Waals surface area contributed by atoms with Crippen LogP contribution in [0.5, 0.6) is 5.75 Å². The first-order chi connectivity index (χ1) is 9.63. The molecule has 0 saturated heterocycles. The van der Waals surface area contributed by atoms with Crippen molar-refractivity contribution < 1.29 is 14.6 Å². The zero-order valence-corrected chi connectivity index (χ0v) is 11.8. The van der Waals surface area contributed by atoms with Crippen LogP contribution in [0.1, 0.15) is 31.2 Å². The van der Waals surface area contributed by atoms with Crippen molar-refractivity contribution in [1.29, 1.82) is 0 Å². The highest BCUT2D eigenvalue weighted by molar-refractivity contribution is 5.92. The van der Waals surface area contributed by atoms with Gasteiger partial charge in [0.2, 0.25) is 5.91 Å². The van der Waals surface area contributed by atoms with Gasteiger partial charge in [0.15, 0.2) is 0 Å². The summed E-state index contributed by atoms with van der Waals surface area (Å²) in [5.41, 5.74) is 0.137. The van der Waals surface area contributed by atoms with Crippen molar-refractivity contribution in [1.82, 2.24) is 5.32 Å². The molecule has 0 aliphatic heterocycles. The first kappa shape index (κ1) is 14.6. The lowest BCUT2D eigenvalue weighted by molar-refractivity contribution is -0.117. The summed E-state index contributed by atoms with van der Waals surface area (Å²) in [6.45, 7) is 0.322. The van der Waals surface area contributed by atoms with Gasteiger partial charge in [0, 0.05) is 18.2 Å². The molecule has 20 heavy (non-hydrogen) atoms. The highest BCUT2D eigenvalue weighted by Crippen LogP contribution is 2.28. The normalized spacial score (nSPS) is 17.3. The molecule has 1 fully saturated rings. The second-order valence-electron chi connectivity index (χ2n) is 5.22. The summed E-state index contributed by atoms with van der Waals surface area (Å²) >= 11 is 0. The molecule has 0 aromatic heterocycles. The smallest absolute Gasteiger partial charge is 0.244 e. The van der Waals surface area contributed by atoms with E-state index in [-0.39, 0.29) is 5.91 Å². The van der Waals surface area contributed by atoms with E-state index in [4.69, 9.17) is 4.74 Å². The number of carbonyl (C=O) groups excluding carboxylic acids is 1. The lowest BCUT2D eigenvalue weighted by Crippen LogP contribution is -2.40. The molecular weight excluding hydrogens is 254 g/mol. The maximum atomic E-state index is 11.8. The van der Waals surface area contributed by atoms with Crippen LogP contribution in [0.3, 0.4) is 0 Å². The van der Waals surface area contributed by atoms with E-state index in [0.29, 0.717) is 6.54 Å². The zero-order chi connectivity index (χ0) is 14.4. The molecule has 0 radical (unpaired) electrons. The van der Waals surface area contributed by atoms with Gasteiger partial charge in [-0.1, -0.05) is 31.0 Å². The van der Waals surface area contributed by atoms with Crippen molar-refractivity contribution in [3.05, 3.63) is 35.9 Å². The van der Waals surface area contributed by atoms with Gasteiger partial charge in [0.05, 0.1) is 12.7 Å². The Kier molecular flexibility index (Phi) is 4.79. The van der Waals surface area contributed by atoms with Crippen LogP contribution in [0.15, 0.2) is 30.3 Å². The van der Waals surface area contributed by atoms with Crippen LogP contribution in [0, 0.1) is 0 Å². The molecule has 0 heterocycles. The predicted octanol–water partition coefficient (Wildman–Crippen LogP) is 2.13. The van der Waals surface area contributed by atoms with Crippen LogP contribution >= 0.6 is 0 Å². The molecular formula is C16H21NO3. The summed E-state index contributed by atoms with van der Waals surface area (Å²) in [7, 11) is 1.60.